The number of hydrogen-bond donors (Lipinski definition) is 2. The molecule has 2 N–H and O–H groups in total. The molecule has 0 bridgehead atoms. The number of aromatic nitrogens is 1. The van der Waals surface area contributed by atoms with Gasteiger partial charge in [-0.05, 0) is 20.3 Å². The number of carboxylic acid groups (broad SMARTS) is 1. The predicted octanol–water partition coefficient (Wildman–Crippen LogP) is 2.29. The van der Waals surface area contributed by atoms with Crippen LogP contribution in [0.4, 0.5) is 11.5 Å². The van der Waals surface area contributed by atoms with Crippen LogP contribution in [0.3, 0.4) is 0 Å². The van der Waals surface area contributed by atoms with Crippen molar-refractivity contribution in [1.82, 2.24) is 4.98 Å². The Morgan fingerprint density at radius 2 is 2.22 bits per heavy atom. The molecule has 0 radical (unpaired) electrons. The standard InChI is InChI=1S/C11H15N3O4/c1-4-11(2,3)13-9-5-7(10(15)16)8(6-12-9)14(17)18/h5-6H,4H2,1-3H3,(H,12,13)(H,15,16). The van der Waals surface area contributed by atoms with Crippen molar-refractivity contribution >= 4 is 17.5 Å². The molecule has 0 aliphatic heterocycles. The topological polar surface area (TPSA) is 105 Å². The van der Waals surface area contributed by atoms with Crippen LogP contribution < -0.4 is 5.32 Å². The van der Waals surface area contributed by atoms with Gasteiger partial charge in [-0.3, -0.25) is 10.1 Å². The van der Waals surface area contributed by atoms with Crippen molar-refractivity contribution in [3.8, 4) is 0 Å². The molecule has 18 heavy (non-hydrogen) atoms. The van der Waals surface area contributed by atoms with Gasteiger partial charge in [-0.2, -0.15) is 0 Å². The first kappa shape index (κ1) is 13.9. The van der Waals surface area contributed by atoms with Crippen LogP contribution in [0.1, 0.15) is 37.6 Å². The van der Waals surface area contributed by atoms with E-state index in [9.17, 15) is 14.9 Å². The molecule has 1 heterocycles. The lowest BCUT2D eigenvalue weighted by Gasteiger charge is -2.25. The Bertz CT molecular complexity index is 485. The SMILES string of the molecule is CCC(C)(C)Nc1cc(C(=O)O)c([N+](=O)[O-])cn1. The van der Waals surface area contributed by atoms with Crippen molar-refractivity contribution < 1.29 is 14.8 Å². The van der Waals surface area contributed by atoms with Crippen LogP contribution in [0, 0.1) is 10.1 Å². The van der Waals surface area contributed by atoms with Crippen molar-refractivity contribution in [2.24, 2.45) is 0 Å². The van der Waals surface area contributed by atoms with Crippen LogP contribution >= 0.6 is 0 Å². The van der Waals surface area contributed by atoms with Crippen molar-refractivity contribution in [2.45, 2.75) is 32.7 Å². The van der Waals surface area contributed by atoms with Crippen LogP contribution in [0.15, 0.2) is 12.3 Å². The van der Waals surface area contributed by atoms with Gasteiger partial charge in [-0.15, -0.1) is 0 Å². The van der Waals surface area contributed by atoms with Crippen LogP contribution in [-0.2, 0) is 0 Å². The quantitative estimate of drug-likeness (QED) is 0.616. The summed E-state index contributed by atoms with van der Waals surface area (Å²) in [5, 5.41) is 22.6. The number of hydrogen-bond acceptors (Lipinski definition) is 5. The molecule has 7 heteroatoms. The molecule has 0 aliphatic carbocycles. The predicted molar refractivity (Wildman–Crippen MR) is 65.8 cm³/mol. The minimum Gasteiger partial charge on any atom is -0.477 e. The fourth-order valence-electron chi connectivity index (χ4n) is 1.27. The summed E-state index contributed by atoms with van der Waals surface area (Å²) in [5.41, 5.74) is -1.15. The Morgan fingerprint density at radius 1 is 1.61 bits per heavy atom. The van der Waals surface area contributed by atoms with Crippen LogP contribution in [0.5, 0.6) is 0 Å². The summed E-state index contributed by atoms with van der Waals surface area (Å²) in [6, 6.07) is 1.18. The molecule has 0 saturated carbocycles. The summed E-state index contributed by atoms with van der Waals surface area (Å²) in [4.78, 5) is 24.7. The van der Waals surface area contributed by atoms with Gasteiger partial charge < -0.3 is 10.4 Å². The molecule has 0 atom stereocenters. The van der Waals surface area contributed by atoms with E-state index in [2.05, 4.69) is 10.3 Å². The first-order chi connectivity index (χ1) is 8.26. The molecule has 0 unspecified atom stereocenters. The molecule has 98 valence electrons. The number of carboxylic acids is 1. The van der Waals surface area contributed by atoms with E-state index in [4.69, 9.17) is 5.11 Å². The second-order valence-corrected chi connectivity index (χ2v) is 4.51. The number of nitro groups is 1. The zero-order chi connectivity index (χ0) is 13.9. The molecule has 0 aromatic carbocycles. The number of aromatic carboxylic acids is 1. The second-order valence-electron chi connectivity index (χ2n) is 4.51. The molecule has 7 nitrogen and oxygen atoms in total. The van der Waals surface area contributed by atoms with E-state index in [1.807, 2.05) is 20.8 Å². The fraction of sp³-hybridized carbons (Fsp3) is 0.455. The van der Waals surface area contributed by atoms with Gasteiger partial charge in [0.1, 0.15) is 17.6 Å². The Kier molecular flexibility index (Phi) is 3.85. The Morgan fingerprint density at radius 3 is 2.67 bits per heavy atom. The zero-order valence-corrected chi connectivity index (χ0v) is 10.4. The fourth-order valence-corrected chi connectivity index (χ4v) is 1.27. The molecule has 0 fully saturated rings. The Hall–Kier alpha value is -2.18. The first-order valence-corrected chi connectivity index (χ1v) is 5.42. The lowest BCUT2D eigenvalue weighted by molar-refractivity contribution is -0.385. The summed E-state index contributed by atoms with van der Waals surface area (Å²) in [6.45, 7) is 5.82. The third kappa shape index (κ3) is 3.16. The molecule has 1 aromatic rings. The summed E-state index contributed by atoms with van der Waals surface area (Å²) in [5.74, 6) is -1.04. The smallest absolute Gasteiger partial charge is 0.342 e. The molecule has 0 amide bonds. The van der Waals surface area contributed by atoms with Gasteiger partial charge in [0.25, 0.3) is 0 Å². The van der Waals surface area contributed by atoms with Crippen molar-refractivity contribution in [2.75, 3.05) is 5.32 Å². The number of nitrogens with zero attached hydrogens (tertiary/aromatic N) is 2. The highest BCUT2D eigenvalue weighted by Crippen LogP contribution is 2.23. The molecule has 0 saturated heterocycles. The zero-order valence-electron chi connectivity index (χ0n) is 10.4. The second kappa shape index (κ2) is 4.99. The lowest BCUT2D eigenvalue weighted by atomic mass is 10.0. The van der Waals surface area contributed by atoms with Crippen molar-refractivity contribution in [1.29, 1.82) is 0 Å². The van der Waals surface area contributed by atoms with Gasteiger partial charge in [0.2, 0.25) is 0 Å². The summed E-state index contributed by atoms with van der Waals surface area (Å²) in [6.07, 6.45) is 1.76. The highest BCUT2D eigenvalue weighted by molar-refractivity contribution is 5.93. The van der Waals surface area contributed by atoms with Crippen LogP contribution in [0.25, 0.3) is 0 Å². The third-order valence-electron chi connectivity index (χ3n) is 2.66. The normalized spacial score (nSPS) is 11.1. The Labute approximate surface area is 104 Å². The van der Waals surface area contributed by atoms with Gasteiger partial charge in [0, 0.05) is 11.6 Å². The average molecular weight is 253 g/mol. The molecule has 0 spiro atoms. The largest absolute Gasteiger partial charge is 0.477 e. The molecular formula is C11H15N3O4. The van der Waals surface area contributed by atoms with Gasteiger partial charge in [0.05, 0.1) is 4.92 Å². The monoisotopic (exact) mass is 253 g/mol. The van der Waals surface area contributed by atoms with E-state index < -0.39 is 16.6 Å². The summed E-state index contributed by atoms with van der Waals surface area (Å²) < 4.78 is 0. The van der Waals surface area contributed by atoms with E-state index in [1.165, 1.54) is 6.07 Å². The van der Waals surface area contributed by atoms with E-state index in [0.717, 1.165) is 12.6 Å². The third-order valence-corrected chi connectivity index (χ3v) is 2.66. The summed E-state index contributed by atoms with van der Waals surface area (Å²) >= 11 is 0. The highest BCUT2D eigenvalue weighted by Gasteiger charge is 2.23. The molecular weight excluding hydrogens is 238 g/mol. The van der Waals surface area contributed by atoms with Gasteiger partial charge >= 0.3 is 11.7 Å². The van der Waals surface area contributed by atoms with Crippen molar-refractivity contribution in [3.63, 3.8) is 0 Å². The van der Waals surface area contributed by atoms with Crippen LogP contribution in [-0.4, -0.2) is 26.5 Å². The van der Waals surface area contributed by atoms with E-state index in [0.29, 0.717) is 5.82 Å². The number of pyridine rings is 1. The highest BCUT2D eigenvalue weighted by atomic mass is 16.6. The average Bonchev–Trinajstić information content (AvgIpc) is 2.28. The van der Waals surface area contributed by atoms with Crippen LogP contribution in [0.2, 0.25) is 0 Å². The van der Waals surface area contributed by atoms with Crippen molar-refractivity contribution in [3.05, 3.63) is 27.9 Å². The van der Waals surface area contributed by atoms with Gasteiger partial charge in [-0.25, -0.2) is 9.78 Å². The number of anilines is 1. The number of carbonyl (C=O) groups is 1. The lowest BCUT2D eigenvalue weighted by Crippen LogP contribution is -2.30. The first-order valence-electron chi connectivity index (χ1n) is 5.42. The maximum Gasteiger partial charge on any atom is 0.342 e. The van der Waals surface area contributed by atoms with E-state index >= 15 is 0 Å². The molecule has 1 aromatic heterocycles. The summed E-state index contributed by atoms with van der Waals surface area (Å²) in [7, 11) is 0. The molecule has 1 rings (SSSR count). The number of nitrogens with one attached hydrogen (secondary N) is 1. The van der Waals surface area contributed by atoms with E-state index in [-0.39, 0.29) is 11.1 Å². The van der Waals surface area contributed by atoms with Gasteiger partial charge in [-0.1, -0.05) is 6.92 Å². The minimum atomic E-state index is -1.35. The minimum absolute atomic E-state index is 0.265. The maximum absolute atomic E-state index is 11.0. The van der Waals surface area contributed by atoms with Gasteiger partial charge in [0.15, 0.2) is 0 Å². The van der Waals surface area contributed by atoms with E-state index in [1.54, 1.807) is 0 Å². The molecule has 0 aliphatic rings. The Balaban J connectivity index is 3.16. The number of rotatable bonds is 5. The maximum atomic E-state index is 11.0.